The van der Waals surface area contributed by atoms with Gasteiger partial charge in [-0.15, -0.1) is 0 Å². The minimum atomic E-state index is -1.51. The summed E-state index contributed by atoms with van der Waals surface area (Å²) in [5.41, 5.74) is 0.852. The number of rotatable bonds is 8. The number of unbranched alkanes of at least 4 members (excludes halogenated alkanes) is 2. The molecule has 0 aliphatic heterocycles. The normalized spacial score (nSPS) is 12.0. The standard InChI is InChI=1S/C26H26O2/c1-2-3-7-20-24(25(27)21-14-8-4-9-15-21)26(28,22-16-10-5-11-17-22)23-18-12-6-13-19-23/h4-6,8-20,28H,2-3,7H2,1H3/b24-20+. The molecule has 3 aromatic rings. The monoisotopic (exact) mass is 370 g/mol. The zero-order valence-corrected chi connectivity index (χ0v) is 16.2. The molecule has 0 aromatic heterocycles. The van der Waals surface area contributed by atoms with Gasteiger partial charge < -0.3 is 5.11 Å². The van der Waals surface area contributed by atoms with E-state index in [0.29, 0.717) is 22.3 Å². The number of Topliss-reactive ketones (excluding diaryl/α,β-unsaturated/α-hetero) is 1. The number of carbonyl (C=O) groups excluding carboxylic acids is 1. The summed E-state index contributed by atoms with van der Waals surface area (Å²) in [6, 6.07) is 28.1. The number of carbonyl (C=O) groups is 1. The molecule has 28 heavy (non-hydrogen) atoms. The van der Waals surface area contributed by atoms with Gasteiger partial charge in [0.25, 0.3) is 0 Å². The van der Waals surface area contributed by atoms with Crippen LogP contribution in [0.5, 0.6) is 0 Å². The van der Waals surface area contributed by atoms with Crippen LogP contribution in [0, 0.1) is 0 Å². The van der Waals surface area contributed by atoms with Crippen LogP contribution in [0.25, 0.3) is 0 Å². The molecule has 0 amide bonds. The van der Waals surface area contributed by atoms with Gasteiger partial charge in [0, 0.05) is 11.1 Å². The predicted molar refractivity (Wildman–Crippen MR) is 114 cm³/mol. The summed E-state index contributed by atoms with van der Waals surface area (Å²) >= 11 is 0. The zero-order valence-electron chi connectivity index (χ0n) is 16.2. The summed E-state index contributed by atoms with van der Waals surface area (Å²) in [6.07, 6.45) is 4.65. The number of allylic oxidation sites excluding steroid dienone is 1. The maximum absolute atomic E-state index is 13.5. The molecule has 0 bridgehead atoms. The molecule has 0 fully saturated rings. The first-order valence-electron chi connectivity index (χ1n) is 9.81. The van der Waals surface area contributed by atoms with E-state index in [1.165, 1.54) is 0 Å². The highest BCUT2D eigenvalue weighted by Gasteiger charge is 2.39. The van der Waals surface area contributed by atoms with E-state index in [1.807, 2.05) is 84.9 Å². The van der Waals surface area contributed by atoms with Gasteiger partial charge in [0.05, 0.1) is 0 Å². The van der Waals surface area contributed by atoms with Crippen LogP contribution in [-0.2, 0) is 5.60 Å². The Bertz CT molecular complexity index is 873. The van der Waals surface area contributed by atoms with Crippen LogP contribution in [-0.4, -0.2) is 10.9 Å². The zero-order chi connectivity index (χ0) is 19.8. The molecule has 142 valence electrons. The van der Waals surface area contributed by atoms with Crippen molar-refractivity contribution >= 4 is 5.78 Å². The van der Waals surface area contributed by atoms with Crippen LogP contribution < -0.4 is 0 Å². The topological polar surface area (TPSA) is 37.3 Å². The molecule has 0 aliphatic carbocycles. The fourth-order valence-electron chi connectivity index (χ4n) is 3.44. The fourth-order valence-corrected chi connectivity index (χ4v) is 3.44. The molecule has 1 N–H and O–H groups in total. The summed E-state index contributed by atoms with van der Waals surface area (Å²) in [6.45, 7) is 2.12. The molecule has 2 heteroatoms. The average molecular weight is 370 g/mol. The molecular weight excluding hydrogens is 344 g/mol. The second kappa shape index (κ2) is 9.29. The van der Waals surface area contributed by atoms with Gasteiger partial charge in [-0.05, 0) is 17.5 Å². The highest BCUT2D eigenvalue weighted by molar-refractivity contribution is 6.10. The van der Waals surface area contributed by atoms with Crippen LogP contribution >= 0.6 is 0 Å². The molecule has 0 saturated carbocycles. The summed E-state index contributed by atoms with van der Waals surface area (Å²) in [7, 11) is 0. The third-order valence-electron chi connectivity index (χ3n) is 4.96. The summed E-state index contributed by atoms with van der Waals surface area (Å²) in [5, 5.41) is 12.1. The van der Waals surface area contributed by atoms with Gasteiger partial charge in [-0.25, -0.2) is 0 Å². The van der Waals surface area contributed by atoms with Gasteiger partial charge >= 0.3 is 0 Å². The molecule has 0 saturated heterocycles. The van der Waals surface area contributed by atoms with Crippen LogP contribution in [0.1, 0.15) is 47.7 Å². The smallest absolute Gasteiger partial charge is 0.192 e. The van der Waals surface area contributed by atoms with E-state index in [-0.39, 0.29) is 5.78 Å². The lowest BCUT2D eigenvalue weighted by Gasteiger charge is -2.32. The number of aliphatic hydroxyl groups is 1. The Balaban J connectivity index is 2.20. The highest BCUT2D eigenvalue weighted by Crippen LogP contribution is 2.38. The van der Waals surface area contributed by atoms with E-state index in [1.54, 1.807) is 12.1 Å². The summed E-state index contributed by atoms with van der Waals surface area (Å²) in [5.74, 6) is -0.146. The predicted octanol–water partition coefficient (Wildman–Crippen LogP) is 5.92. The highest BCUT2D eigenvalue weighted by atomic mass is 16.3. The number of ketones is 1. The van der Waals surface area contributed by atoms with E-state index in [4.69, 9.17) is 0 Å². The van der Waals surface area contributed by atoms with E-state index >= 15 is 0 Å². The number of hydrogen-bond donors (Lipinski definition) is 1. The molecule has 3 aromatic carbocycles. The molecule has 0 unspecified atom stereocenters. The average Bonchev–Trinajstić information content (AvgIpc) is 2.78. The minimum Gasteiger partial charge on any atom is -0.376 e. The first-order valence-corrected chi connectivity index (χ1v) is 9.81. The van der Waals surface area contributed by atoms with Crippen molar-refractivity contribution in [2.75, 3.05) is 0 Å². The lowest BCUT2D eigenvalue weighted by Crippen LogP contribution is -2.34. The van der Waals surface area contributed by atoms with Crippen molar-refractivity contribution in [2.45, 2.75) is 31.8 Å². The van der Waals surface area contributed by atoms with E-state index in [2.05, 4.69) is 6.92 Å². The maximum Gasteiger partial charge on any atom is 0.192 e. The molecule has 0 spiro atoms. The summed E-state index contributed by atoms with van der Waals surface area (Å²) < 4.78 is 0. The van der Waals surface area contributed by atoms with Crippen LogP contribution in [0.15, 0.2) is 103 Å². The molecule has 0 atom stereocenters. The Hall–Kier alpha value is -2.97. The Morgan fingerprint density at radius 3 is 1.75 bits per heavy atom. The van der Waals surface area contributed by atoms with Gasteiger partial charge in [0.2, 0.25) is 0 Å². The SMILES string of the molecule is CCCC/C=C(\C(=O)c1ccccc1)C(O)(c1ccccc1)c1ccccc1. The second-order valence-electron chi connectivity index (χ2n) is 6.90. The molecule has 0 radical (unpaired) electrons. The third kappa shape index (κ3) is 4.13. The molecule has 2 nitrogen and oxygen atoms in total. The Morgan fingerprint density at radius 2 is 1.29 bits per heavy atom. The molecule has 3 rings (SSSR count). The summed E-state index contributed by atoms with van der Waals surface area (Å²) in [4.78, 5) is 13.5. The van der Waals surface area contributed by atoms with Gasteiger partial charge in [-0.3, -0.25) is 4.79 Å². The molecule has 0 aliphatic rings. The van der Waals surface area contributed by atoms with Crippen molar-refractivity contribution in [3.8, 4) is 0 Å². The maximum atomic E-state index is 13.5. The lowest BCUT2D eigenvalue weighted by atomic mass is 9.76. The Morgan fingerprint density at radius 1 is 0.821 bits per heavy atom. The lowest BCUT2D eigenvalue weighted by molar-refractivity contribution is 0.0865. The van der Waals surface area contributed by atoms with Gasteiger partial charge in [-0.2, -0.15) is 0 Å². The van der Waals surface area contributed by atoms with Crippen molar-refractivity contribution in [3.05, 3.63) is 119 Å². The van der Waals surface area contributed by atoms with Gasteiger partial charge in [-0.1, -0.05) is 117 Å². The second-order valence-corrected chi connectivity index (χ2v) is 6.90. The largest absolute Gasteiger partial charge is 0.376 e. The van der Waals surface area contributed by atoms with Crippen molar-refractivity contribution in [2.24, 2.45) is 0 Å². The van der Waals surface area contributed by atoms with Crippen molar-refractivity contribution in [3.63, 3.8) is 0 Å². The minimum absolute atomic E-state index is 0.146. The van der Waals surface area contributed by atoms with Gasteiger partial charge in [0.1, 0.15) is 5.60 Å². The fraction of sp³-hybridized carbons (Fsp3) is 0.192. The van der Waals surface area contributed by atoms with E-state index < -0.39 is 5.60 Å². The van der Waals surface area contributed by atoms with Crippen molar-refractivity contribution in [1.82, 2.24) is 0 Å². The van der Waals surface area contributed by atoms with Gasteiger partial charge in [0.15, 0.2) is 5.78 Å². The Labute approximate surface area is 167 Å². The van der Waals surface area contributed by atoms with Crippen molar-refractivity contribution in [1.29, 1.82) is 0 Å². The third-order valence-corrected chi connectivity index (χ3v) is 4.96. The van der Waals surface area contributed by atoms with Crippen LogP contribution in [0.4, 0.5) is 0 Å². The Kier molecular flexibility index (Phi) is 6.57. The first kappa shape index (κ1) is 19.8. The number of hydrogen-bond acceptors (Lipinski definition) is 2. The van der Waals surface area contributed by atoms with E-state index in [0.717, 1.165) is 19.3 Å². The molecular formula is C26H26O2. The van der Waals surface area contributed by atoms with Crippen LogP contribution in [0.3, 0.4) is 0 Å². The van der Waals surface area contributed by atoms with Crippen molar-refractivity contribution < 1.29 is 9.90 Å². The first-order chi connectivity index (χ1) is 13.7. The van der Waals surface area contributed by atoms with E-state index in [9.17, 15) is 9.90 Å². The van der Waals surface area contributed by atoms with Crippen LogP contribution in [0.2, 0.25) is 0 Å². The molecule has 0 heterocycles. The quantitative estimate of drug-likeness (QED) is 0.303. The number of benzene rings is 3.